The molecule has 1 fully saturated rings. The Kier molecular flexibility index (Phi) is 3.33. The summed E-state index contributed by atoms with van der Waals surface area (Å²) >= 11 is 0. The van der Waals surface area contributed by atoms with E-state index in [9.17, 15) is 4.79 Å². The summed E-state index contributed by atoms with van der Waals surface area (Å²) in [5.74, 6) is 0.840. The van der Waals surface area contributed by atoms with Crippen LogP contribution < -0.4 is 5.73 Å². The van der Waals surface area contributed by atoms with Gasteiger partial charge < -0.3 is 10.5 Å². The molecule has 0 aliphatic heterocycles. The van der Waals surface area contributed by atoms with Crippen LogP contribution in [0.5, 0.6) is 0 Å². The number of carbonyl (C=O) groups is 1. The van der Waals surface area contributed by atoms with Gasteiger partial charge in [0.2, 0.25) is 0 Å². The van der Waals surface area contributed by atoms with E-state index in [1.54, 1.807) is 0 Å². The number of nitrogen functional groups attached to an aromatic ring is 1. The molecule has 0 aromatic heterocycles. The highest BCUT2D eigenvalue weighted by molar-refractivity contribution is 5.71. The van der Waals surface area contributed by atoms with Gasteiger partial charge in [0.05, 0.1) is 0 Å². The van der Waals surface area contributed by atoms with Crippen molar-refractivity contribution in [2.24, 2.45) is 5.92 Å². The molecule has 2 unspecified atom stereocenters. The van der Waals surface area contributed by atoms with E-state index in [2.05, 4.69) is 12.1 Å². The minimum absolute atomic E-state index is 0.0922. The molecule has 18 heavy (non-hydrogen) atoms. The smallest absolute Gasteiger partial charge is 0.306 e. The van der Waals surface area contributed by atoms with E-state index in [-0.39, 0.29) is 11.6 Å². The summed E-state index contributed by atoms with van der Waals surface area (Å²) in [6, 6.07) is 7.93. The van der Waals surface area contributed by atoms with Crippen LogP contribution in [0.15, 0.2) is 24.3 Å². The maximum absolute atomic E-state index is 11.7. The van der Waals surface area contributed by atoms with E-state index < -0.39 is 0 Å². The van der Waals surface area contributed by atoms with Gasteiger partial charge in [-0.25, -0.2) is 0 Å². The van der Waals surface area contributed by atoms with Crippen molar-refractivity contribution in [2.75, 3.05) is 5.73 Å². The lowest BCUT2D eigenvalue weighted by atomic mass is 10.1. The zero-order valence-corrected chi connectivity index (χ0v) is 11.3. The van der Waals surface area contributed by atoms with Gasteiger partial charge in [-0.1, -0.05) is 12.1 Å². The third-order valence-electron chi connectivity index (χ3n) is 3.14. The number of carbonyl (C=O) groups excluding carboxylic acids is 1. The fourth-order valence-electron chi connectivity index (χ4n) is 2.22. The van der Waals surface area contributed by atoms with Crippen molar-refractivity contribution in [3.8, 4) is 0 Å². The van der Waals surface area contributed by atoms with Gasteiger partial charge in [0.15, 0.2) is 0 Å². The average Bonchev–Trinajstić information content (AvgIpc) is 2.95. The first-order valence-electron chi connectivity index (χ1n) is 6.42. The molecule has 1 aliphatic rings. The Bertz CT molecular complexity index is 431. The minimum Gasteiger partial charge on any atom is -0.460 e. The first kappa shape index (κ1) is 12.9. The van der Waals surface area contributed by atoms with E-state index in [1.165, 1.54) is 5.56 Å². The molecule has 1 aromatic carbocycles. The fraction of sp³-hybridized carbons (Fsp3) is 0.533. The Morgan fingerprint density at radius 2 is 1.94 bits per heavy atom. The van der Waals surface area contributed by atoms with Crippen LogP contribution in [0.2, 0.25) is 0 Å². The quantitative estimate of drug-likeness (QED) is 0.659. The zero-order valence-electron chi connectivity index (χ0n) is 11.3. The molecule has 3 heteroatoms. The Labute approximate surface area is 108 Å². The Balaban J connectivity index is 1.85. The Morgan fingerprint density at radius 3 is 2.50 bits per heavy atom. The highest BCUT2D eigenvalue weighted by Gasteiger charge is 2.40. The first-order valence-corrected chi connectivity index (χ1v) is 6.42. The predicted octanol–water partition coefficient (Wildman–Crippen LogP) is 3.10. The first-order chi connectivity index (χ1) is 8.35. The molecular formula is C15H21NO2. The van der Waals surface area contributed by atoms with Crippen molar-refractivity contribution in [3.63, 3.8) is 0 Å². The average molecular weight is 247 g/mol. The summed E-state index contributed by atoms with van der Waals surface area (Å²) < 4.78 is 5.33. The van der Waals surface area contributed by atoms with Gasteiger partial charge in [0.25, 0.3) is 0 Å². The Hall–Kier alpha value is -1.51. The van der Waals surface area contributed by atoms with E-state index >= 15 is 0 Å². The molecule has 1 aliphatic carbocycles. The van der Waals surface area contributed by atoms with Gasteiger partial charge in [-0.15, -0.1) is 0 Å². The normalized spacial score (nSPS) is 22.6. The molecule has 0 spiro atoms. The standard InChI is InChI=1S/C15H21NO2/c1-15(2,3)18-14(17)9-11-8-13(11)10-4-6-12(16)7-5-10/h4-7,11,13H,8-9,16H2,1-3H3. The van der Waals surface area contributed by atoms with Gasteiger partial charge in [-0.2, -0.15) is 0 Å². The summed E-state index contributed by atoms with van der Waals surface area (Å²) in [6.45, 7) is 5.69. The SMILES string of the molecule is CC(C)(C)OC(=O)CC1CC1c1ccc(N)cc1. The number of hydrogen-bond donors (Lipinski definition) is 1. The second-order valence-corrected chi connectivity index (χ2v) is 6.06. The van der Waals surface area contributed by atoms with Gasteiger partial charge in [0, 0.05) is 12.1 Å². The van der Waals surface area contributed by atoms with E-state index in [0.29, 0.717) is 18.3 Å². The van der Waals surface area contributed by atoms with E-state index in [1.807, 2.05) is 32.9 Å². The van der Waals surface area contributed by atoms with Crippen LogP contribution in [0.1, 0.15) is 45.1 Å². The molecule has 2 rings (SSSR count). The Morgan fingerprint density at radius 1 is 1.33 bits per heavy atom. The number of nitrogens with two attached hydrogens (primary N) is 1. The van der Waals surface area contributed by atoms with Crippen molar-refractivity contribution in [1.82, 2.24) is 0 Å². The monoisotopic (exact) mass is 247 g/mol. The highest BCUT2D eigenvalue weighted by atomic mass is 16.6. The lowest BCUT2D eigenvalue weighted by molar-refractivity contribution is -0.155. The van der Waals surface area contributed by atoms with Gasteiger partial charge in [0.1, 0.15) is 5.60 Å². The highest BCUT2D eigenvalue weighted by Crippen LogP contribution is 2.49. The van der Waals surface area contributed by atoms with E-state index in [0.717, 1.165) is 12.1 Å². The van der Waals surface area contributed by atoms with Crippen molar-refractivity contribution >= 4 is 11.7 Å². The molecule has 0 saturated heterocycles. The number of rotatable bonds is 3. The van der Waals surface area contributed by atoms with Crippen molar-refractivity contribution < 1.29 is 9.53 Å². The van der Waals surface area contributed by atoms with Crippen LogP contribution in [0.3, 0.4) is 0 Å². The molecule has 0 bridgehead atoms. The van der Waals surface area contributed by atoms with E-state index in [4.69, 9.17) is 10.5 Å². The number of esters is 1. The van der Waals surface area contributed by atoms with Gasteiger partial charge in [-0.05, 0) is 56.7 Å². The van der Waals surface area contributed by atoms with Crippen molar-refractivity contribution in [3.05, 3.63) is 29.8 Å². The maximum Gasteiger partial charge on any atom is 0.306 e. The van der Waals surface area contributed by atoms with Crippen LogP contribution in [0, 0.1) is 5.92 Å². The molecule has 98 valence electrons. The van der Waals surface area contributed by atoms with Crippen LogP contribution in [0.25, 0.3) is 0 Å². The van der Waals surface area contributed by atoms with Gasteiger partial charge in [-0.3, -0.25) is 4.79 Å². The van der Waals surface area contributed by atoms with Crippen molar-refractivity contribution in [2.45, 2.75) is 45.1 Å². The molecule has 2 N–H and O–H groups in total. The van der Waals surface area contributed by atoms with Crippen LogP contribution >= 0.6 is 0 Å². The molecule has 0 amide bonds. The fourth-order valence-corrected chi connectivity index (χ4v) is 2.22. The zero-order chi connectivity index (χ0) is 13.3. The topological polar surface area (TPSA) is 52.3 Å². The third kappa shape index (κ3) is 3.49. The summed E-state index contributed by atoms with van der Waals surface area (Å²) in [4.78, 5) is 11.7. The summed E-state index contributed by atoms with van der Waals surface area (Å²) in [7, 11) is 0. The summed E-state index contributed by atoms with van der Waals surface area (Å²) in [6.07, 6.45) is 1.59. The lowest BCUT2D eigenvalue weighted by Gasteiger charge is -2.19. The summed E-state index contributed by atoms with van der Waals surface area (Å²) in [5.41, 5.74) is 7.33. The molecule has 0 radical (unpaired) electrons. The molecule has 1 aromatic rings. The molecule has 2 atom stereocenters. The van der Waals surface area contributed by atoms with Gasteiger partial charge >= 0.3 is 5.97 Å². The number of ether oxygens (including phenoxy) is 1. The molecule has 0 heterocycles. The number of benzene rings is 1. The molecule has 3 nitrogen and oxygen atoms in total. The second-order valence-electron chi connectivity index (χ2n) is 6.06. The van der Waals surface area contributed by atoms with Crippen molar-refractivity contribution in [1.29, 1.82) is 0 Å². The molecular weight excluding hydrogens is 226 g/mol. The predicted molar refractivity (Wildman–Crippen MR) is 72.2 cm³/mol. The van der Waals surface area contributed by atoms with Crippen LogP contribution in [0.4, 0.5) is 5.69 Å². The lowest BCUT2D eigenvalue weighted by Crippen LogP contribution is -2.24. The van der Waals surface area contributed by atoms with Crippen LogP contribution in [-0.2, 0) is 9.53 Å². The largest absolute Gasteiger partial charge is 0.460 e. The maximum atomic E-state index is 11.7. The number of anilines is 1. The summed E-state index contributed by atoms with van der Waals surface area (Å²) in [5, 5.41) is 0. The second kappa shape index (κ2) is 4.63. The number of hydrogen-bond acceptors (Lipinski definition) is 3. The molecule has 1 saturated carbocycles. The minimum atomic E-state index is -0.386. The van der Waals surface area contributed by atoms with Crippen LogP contribution in [-0.4, -0.2) is 11.6 Å². The third-order valence-corrected chi connectivity index (χ3v) is 3.14.